The fourth-order valence-corrected chi connectivity index (χ4v) is 8.77. The Bertz CT molecular complexity index is 3400. The van der Waals surface area contributed by atoms with E-state index >= 15 is 0 Å². The molecule has 0 radical (unpaired) electrons. The molecule has 0 amide bonds. The molecule has 11 rings (SSSR count). The summed E-state index contributed by atoms with van der Waals surface area (Å²) in [5, 5.41) is 27.3. The number of hydrogen-bond acceptors (Lipinski definition) is 2. The van der Waals surface area contributed by atoms with Crippen molar-refractivity contribution in [1.82, 2.24) is 13.7 Å². The molecule has 0 saturated heterocycles. The van der Waals surface area contributed by atoms with E-state index in [-0.39, 0.29) is 0 Å². The molecule has 0 spiro atoms. The Labute approximate surface area is 316 Å². The van der Waals surface area contributed by atoms with Gasteiger partial charge in [0.1, 0.15) is 0 Å². The number of fused-ring (bicyclic) bond motifs is 9. The lowest BCUT2D eigenvalue weighted by molar-refractivity contribution is 1.15. The monoisotopic (exact) mass is 699 g/mol. The van der Waals surface area contributed by atoms with Crippen LogP contribution in [0.3, 0.4) is 0 Å². The van der Waals surface area contributed by atoms with Gasteiger partial charge in [0.05, 0.1) is 56.4 Å². The number of nitriles is 2. The van der Waals surface area contributed by atoms with Gasteiger partial charge in [-0.25, -0.2) is 0 Å². The summed E-state index contributed by atoms with van der Waals surface area (Å²) >= 11 is 0. The Morgan fingerprint density at radius 3 is 1.40 bits per heavy atom. The van der Waals surface area contributed by atoms with E-state index in [0.29, 0.717) is 11.1 Å². The molecule has 11 aromatic rings. The predicted molar refractivity (Wildman–Crippen MR) is 224 cm³/mol. The summed E-state index contributed by atoms with van der Waals surface area (Å²) in [5.74, 6) is 0. The first kappa shape index (κ1) is 30.7. The van der Waals surface area contributed by atoms with E-state index in [0.717, 1.165) is 82.8 Å². The van der Waals surface area contributed by atoms with E-state index in [1.165, 1.54) is 10.8 Å². The van der Waals surface area contributed by atoms with Crippen LogP contribution in [0.1, 0.15) is 11.1 Å². The lowest BCUT2D eigenvalue weighted by Crippen LogP contribution is -1.98. The molecule has 3 heterocycles. The summed E-state index contributed by atoms with van der Waals surface area (Å²) in [6.45, 7) is 0. The zero-order valence-corrected chi connectivity index (χ0v) is 29.5. The van der Waals surface area contributed by atoms with Crippen LogP contribution in [0.15, 0.2) is 176 Å². The van der Waals surface area contributed by atoms with E-state index in [1.54, 1.807) is 0 Å². The molecule has 0 fully saturated rings. The van der Waals surface area contributed by atoms with Gasteiger partial charge in [-0.1, -0.05) is 103 Å². The van der Waals surface area contributed by atoms with Gasteiger partial charge >= 0.3 is 0 Å². The quantitative estimate of drug-likeness (QED) is 0.184. The van der Waals surface area contributed by atoms with Crippen LogP contribution in [-0.2, 0) is 0 Å². The minimum absolute atomic E-state index is 0.602. The van der Waals surface area contributed by atoms with Gasteiger partial charge in [-0.3, -0.25) is 0 Å². The van der Waals surface area contributed by atoms with Gasteiger partial charge in [0.15, 0.2) is 0 Å². The van der Waals surface area contributed by atoms with Crippen molar-refractivity contribution in [1.29, 1.82) is 10.5 Å². The summed E-state index contributed by atoms with van der Waals surface area (Å²) in [7, 11) is 0. The van der Waals surface area contributed by atoms with Gasteiger partial charge in [0.25, 0.3) is 0 Å². The first-order valence-corrected chi connectivity index (χ1v) is 18.3. The van der Waals surface area contributed by atoms with Crippen LogP contribution in [0.2, 0.25) is 0 Å². The Balaban J connectivity index is 1.05. The second kappa shape index (κ2) is 11.8. The largest absolute Gasteiger partial charge is 0.309 e. The third-order valence-corrected chi connectivity index (χ3v) is 11.1. The van der Waals surface area contributed by atoms with Crippen LogP contribution >= 0.6 is 0 Å². The average molecular weight is 700 g/mol. The van der Waals surface area contributed by atoms with Crippen molar-refractivity contribution in [2.75, 3.05) is 0 Å². The molecule has 0 aliphatic heterocycles. The van der Waals surface area contributed by atoms with Gasteiger partial charge in [-0.05, 0) is 83.9 Å². The van der Waals surface area contributed by atoms with Gasteiger partial charge in [0.2, 0.25) is 0 Å². The lowest BCUT2D eigenvalue weighted by Gasteiger charge is -2.13. The van der Waals surface area contributed by atoms with E-state index in [2.05, 4.69) is 171 Å². The minimum atomic E-state index is 0.602. The molecule has 0 aliphatic carbocycles. The molecule has 8 aromatic carbocycles. The SMILES string of the molecule is N#Cc1cc(-n2c3ccccc3c3ccc(-n4c5ccccc5c5ccccc54)cc32)ccc1-c1ccc(-n2c3ccccc3c3c(C#N)cccc32)cc1. The van der Waals surface area contributed by atoms with E-state index in [4.69, 9.17) is 0 Å². The fourth-order valence-electron chi connectivity index (χ4n) is 8.77. The van der Waals surface area contributed by atoms with Gasteiger partial charge in [-0.15, -0.1) is 0 Å². The fraction of sp³-hybridized carbons (Fsp3) is 0. The maximum Gasteiger partial charge on any atom is 0.0998 e. The average Bonchev–Trinajstić information content (AvgIpc) is 3.89. The number of hydrogen-bond donors (Lipinski definition) is 0. The van der Waals surface area contributed by atoms with E-state index in [9.17, 15) is 10.5 Å². The van der Waals surface area contributed by atoms with Crippen LogP contribution in [-0.4, -0.2) is 13.7 Å². The highest BCUT2D eigenvalue weighted by Gasteiger charge is 2.19. The van der Waals surface area contributed by atoms with Crippen LogP contribution < -0.4 is 0 Å². The van der Waals surface area contributed by atoms with Crippen molar-refractivity contribution in [3.05, 3.63) is 187 Å². The molecule has 3 aromatic heterocycles. The van der Waals surface area contributed by atoms with Crippen LogP contribution in [0.5, 0.6) is 0 Å². The lowest BCUT2D eigenvalue weighted by atomic mass is 9.99. The van der Waals surface area contributed by atoms with Crippen molar-refractivity contribution in [3.63, 3.8) is 0 Å². The molecule has 0 atom stereocenters. The Morgan fingerprint density at radius 1 is 0.327 bits per heavy atom. The van der Waals surface area contributed by atoms with Crippen LogP contribution in [0, 0.1) is 22.7 Å². The van der Waals surface area contributed by atoms with Crippen molar-refractivity contribution < 1.29 is 0 Å². The summed E-state index contributed by atoms with van der Waals surface area (Å²) < 4.78 is 6.84. The highest BCUT2D eigenvalue weighted by molar-refractivity contribution is 6.13. The summed E-state index contributed by atoms with van der Waals surface area (Å²) in [4.78, 5) is 0. The number of nitrogens with zero attached hydrogens (tertiary/aromatic N) is 5. The number of rotatable bonds is 4. The maximum atomic E-state index is 10.6. The van der Waals surface area contributed by atoms with Crippen molar-refractivity contribution in [3.8, 4) is 40.3 Å². The van der Waals surface area contributed by atoms with Crippen LogP contribution in [0.25, 0.3) is 93.6 Å². The summed E-state index contributed by atoms with van der Waals surface area (Å²) in [6, 6.07) is 65.9. The summed E-state index contributed by atoms with van der Waals surface area (Å²) in [6.07, 6.45) is 0. The Kier molecular flexibility index (Phi) is 6.61. The minimum Gasteiger partial charge on any atom is -0.309 e. The highest BCUT2D eigenvalue weighted by atomic mass is 15.0. The number of para-hydroxylation sites is 4. The molecular weight excluding hydrogens is 671 g/mol. The van der Waals surface area contributed by atoms with Gasteiger partial charge in [0, 0.05) is 49.4 Å². The molecule has 254 valence electrons. The molecular formula is C50H29N5. The smallest absolute Gasteiger partial charge is 0.0998 e. The molecule has 0 saturated carbocycles. The number of benzene rings is 8. The van der Waals surface area contributed by atoms with Crippen molar-refractivity contribution >= 4 is 65.4 Å². The molecule has 5 heteroatoms. The molecule has 0 N–H and O–H groups in total. The second-order valence-corrected chi connectivity index (χ2v) is 14.0. The molecule has 0 aliphatic rings. The third-order valence-electron chi connectivity index (χ3n) is 11.1. The molecule has 0 bridgehead atoms. The van der Waals surface area contributed by atoms with E-state index < -0.39 is 0 Å². The van der Waals surface area contributed by atoms with Gasteiger partial charge < -0.3 is 13.7 Å². The first-order chi connectivity index (χ1) is 27.2. The number of aromatic nitrogens is 3. The molecule has 5 nitrogen and oxygen atoms in total. The Morgan fingerprint density at radius 2 is 0.782 bits per heavy atom. The summed E-state index contributed by atoms with van der Waals surface area (Å²) in [5.41, 5.74) is 12.6. The van der Waals surface area contributed by atoms with Crippen molar-refractivity contribution in [2.24, 2.45) is 0 Å². The molecule has 55 heavy (non-hydrogen) atoms. The zero-order chi connectivity index (χ0) is 36.6. The van der Waals surface area contributed by atoms with Gasteiger partial charge in [-0.2, -0.15) is 10.5 Å². The predicted octanol–water partition coefficient (Wildman–Crippen LogP) is 12.4. The van der Waals surface area contributed by atoms with E-state index in [1.807, 2.05) is 30.3 Å². The normalized spacial score (nSPS) is 11.6. The molecule has 0 unspecified atom stereocenters. The zero-order valence-electron chi connectivity index (χ0n) is 29.5. The third kappa shape index (κ3) is 4.45. The standard InChI is InChI=1S/C50H29N5/c51-30-33-10-9-19-48-50(33)43-14-4-8-18-47(43)53(48)35-22-20-32(21-23-35)38-26-24-36(28-34(38)31-52)55-46-17-7-3-13-41(46)42-27-25-37(29-49(42)55)54-44-15-5-1-11-39(44)40-12-2-6-16-45(40)54/h1-29H. The Hall–Kier alpha value is -7.86. The topological polar surface area (TPSA) is 62.4 Å². The maximum absolute atomic E-state index is 10.6. The second-order valence-electron chi connectivity index (χ2n) is 14.0. The highest BCUT2D eigenvalue weighted by Crippen LogP contribution is 2.39. The van der Waals surface area contributed by atoms with Crippen LogP contribution in [0.4, 0.5) is 0 Å². The van der Waals surface area contributed by atoms with Crippen molar-refractivity contribution in [2.45, 2.75) is 0 Å². The first-order valence-electron chi connectivity index (χ1n) is 18.3.